The van der Waals surface area contributed by atoms with Crippen molar-refractivity contribution in [3.63, 3.8) is 0 Å². The highest BCUT2D eigenvalue weighted by Crippen LogP contribution is 2.42. The van der Waals surface area contributed by atoms with Crippen LogP contribution in [0.2, 0.25) is 0 Å². The van der Waals surface area contributed by atoms with Crippen LogP contribution in [0.1, 0.15) is 75.6 Å². The molecule has 2 N–H and O–H groups in total. The van der Waals surface area contributed by atoms with Crippen molar-refractivity contribution in [2.24, 2.45) is 0 Å². The van der Waals surface area contributed by atoms with Crippen molar-refractivity contribution in [3.05, 3.63) is 70.4 Å². The molecule has 1 saturated heterocycles. The third-order valence-electron chi connectivity index (χ3n) is 6.74. The van der Waals surface area contributed by atoms with E-state index in [1.165, 1.54) is 0 Å². The van der Waals surface area contributed by atoms with E-state index in [1.807, 2.05) is 31.2 Å². The third kappa shape index (κ3) is 7.43. The van der Waals surface area contributed by atoms with E-state index in [2.05, 4.69) is 59.0 Å². The summed E-state index contributed by atoms with van der Waals surface area (Å²) in [7, 11) is 0. The van der Waals surface area contributed by atoms with Gasteiger partial charge in [0.15, 0.2) is 0 Å². The highest BCUT2D eigenvalue weighted by Gasteiger charge is 2.31. The van der Waals surface area contributed by atoms with Crippen molar-refractivity contribution in [1.82, 2.24) is 10.3 Å². The van der Waals surface area contributed by atoms with Gasteiger partial charge in [-0.2, -0.15) is 0 Å². The van der Waals surface area contributed by atoms with Crippen LogP contribution in [0.5, 0.6) is 11.5 Å². The number of ether oxygens (including phenoxy) is 1. The normalized spacial score (nSPS) is 15.9. The predicted molar refractivity (Wildman–Crippen MR) is 161 cm³/mol. The monoisotopic (exact) mass is 582 g/mol. The number of hydrogen-bond acceptors (Lipinski definition) is 8. The summed E-state index contributed by atoms with van der Waals surface area (Å²) in [6, 6.07) is 11.2. The number of aryl methyl sites for hydroxylation is 1. The number of nitrogens with zero attached hydrogens (tertiary/aromatic N) is 1. The van der Waals surface area contributed by atoms with Gasteiger partial charge in [0.1, 0.15) is 23.3 Å². The van der Waals surface area contributed by atoms with Crippen LogP contribution in [-0.4, -0.2) is 33.1 Å². The number of phenolic OH excluding ortho intramolecular Hbond substituents is 1. The summed E-state index contributed by atoms with van der Waals surface area (Å²) in [5.74, 6) is 3.14. The van der Waals surface area contributed by atoms with E-state index in [-0.39, 0.29) is 21.2 Å². The van der Waals surface area contributed by atoms with E-state index >= 15 is 0 Å². The van der Waals surface area contributed by atoms with Gasteiger partial charge in [0.2, 0.25) is 11.0 Å². The lowest BCUT2D eigenvalue weighted by Crippen LogP contribution is -2.30. The van der Waals surface area contributed by atoms with Gasteiger partial charge in [-0.05, 0) is 47.6 Å². The van der Waals surface area contributed by atoms with Crippen molar-refractivity contribution in [2.45, 2.75) is 88.8 Å². The molecular weight excluding hydrogens is 544 g/mol. The molecule has 1 aliphatic rings. The van der Waals surface area contributed by atoms with Gasteiger partial charge < -0.3 is 19.6 Å². The van der Waals surface area contributed by atoms with Gasteiger partial charge in [0.05, 0.1) is 18.1 Å². The van der Waals surface area contributed by atoms with E-state index < -0.39 is 6.04 Å². The van der Waals surface area contributed by atoms with Crippen LogP contribution >= 0.6 is 23.5 Å². The second-order valence-corrected chi connectivity index (χ2v) is 14.1. The Hall–Kier alpha value is -2.91. The Morgan fingerprint density at radius 2 is 1.68 bits per heavy atom. The molecule has 0 saturated carbocycles. The zero-order chi connectivity index (χ0) is 29.2. The lowest BCUT2D eigenvalue weighted by Gasteiger charge is -2.28. The number of phenols is 1. The van der Waals surface area contributed by atoms with Gasteiger partial charge >= 0.3 is 0 Å². The second-order valence-electron chi connectivity index (χ2n) is 12.1. The van der Waals surface area contributed by atoms with Crippen molar-refractivity contribution in [2.75, 3.05) is 6.61 Å². The molecule has 7 nitrogen and oxygen atoms in total. The predicted octanol–water partition coefficient (Wildman–Crippen LogP) is 7.09. The fourth-order valence-electron chi connectivity index (χ4n) is 4.51. The molecule has 0 radical (unpaired) electrons. The number of aromatic nitrogens is 1. The standard InChI is InChI=1S/C31H38N2O5S2/c1-18-24(12-13-37-20-10-8-19(9-11-20)14-25-28(35)40-29(36)33-25)32-26(38-18)17-39-21-15-22(30(2,3)4)27(34)23(16-21)31(5,6)7/h8-11,15-16,25,34H,12-14,17H2,1-7H3,(H,33,36). The summed E-state index contributed by atoms with van der Waals surface area (Å²) in [6.07, 6.45) is 1.08. The van der Waals surface area contributed by atoms with Crippen LogP contribution in [0.4, 0.5) is 4.79 Å². The number of hydrogen-bond donors (Lipinski definition) is 2. The third-order valence-corrected chi connectivity index (χ3v) is 8.49. The SMILES string of the molecule is Cc1oc(CSc2cc(C(C)(C)C)c(O)c(C(C)(C)C)c2)nc1CCOc1ccc(CC2NC(=O)SC2=O)cc1. The number of rotatable bonds is 9. The second kappa shape index (κ2) is 11.9. The first kappa shape index (κ1) is 30.1. The van der Waals surface area contributed by atoms with E-state index in [9.17, 15) is 14.7 Å². The zero-order valence-corrected chi connectivity index (χ0v) is 25.8. The summed E-state index contributed by atoms with van der Waals surface area (Å²) in [4.78, 5) is 29.0. The molecule has 1 amide bonds. The van der Waals surface area contributed by atoms with Gasteiger partial charge in [-0.25, -0.2) is 4.98 Å². The molecule has 4 rings (SSSR count). The molecule has 0 spiro atoms. The first-order chi connectivity index (χ1) is 18.7. The topological polar surface area (TPSA) is 102 Å². The Morgan fingerprint density at radius 3 is 2.23 bits per heavy atom. The first-order valence-corrected chi connectivity index (χ1v) is 15.2. The highest BCUT2D eigenvalue weighted by atomic mass is 32.2. The number of amides is 1. The smallest absolute Gasteiger partial charge is 0.287 e. The van der Waals surface area contributed by atoms with E-state index in [1.54, 1.807) is 11.8 Å². The number of carbonyl (C=O) groups excluding carboxylic acids is 2. The molecule has 2 aromatic carbocycles. The molecule has 1 aromatic heterocycles. The number of carbonyl (C=O) groups is 2. The first-order valence-electron chi connectivity index (χ1n) is 13.4. The highest BCUT2D eigenvalue weighted by molar-refractivity contribution is 8.26. The molecule has 2 heterocycles. The molecule has 0 bridgehead atoms. The van der Waals surface area contributed by atoms with Gasteiger partial charge in [0.25, 0.3) is 5.24 Å². The maximum Gasteiger partial charge on any atom is 0.287 e. The average molecular weight is 583 g/mol. The molecule has 1 unspecified atom stereocenters. The summed E-state index contributed by atoms with van der Waals surface area (Å²) in [5.41, 5.74) is 3.35. The summed E-state index contributed by atoms with van der Waals surface area (Å²) >= 11 is 2.38. The largest absolute Gasteiger partial charge is 0.507 e. The van der Waals surface area contributed by atoms with Crippen molar-refractivity contribution in [1.29, 1.82) is 0 Å². The minimum atomic E-state index is -0.470. The van der Waals surface area contributed by atoms with Crippen LogP contribution in [-0.2, 0) is 34.2 Å². The number of aromatic hydroxyl groups is 1. The van der Waals surface area contributed by atoms with Gasteiger partial charge in [-0.15, -0.1) is 11.8 Å². The molecule has 0 aliphatic carbocycles. The maximum atomic E-state index is 11.8. The Balaban J connectivity index is 1.33. The summed E-state index contributed by atoms with van der Waals surface area (Å²) in [6.45, 7) is 15.0. The van der Waals surface area contributed by atoms with Gasteiger partial charge in [0, 0.05) is 40.6 Å². The van der Waals surface area contributed by atoms with E-state index in [0.717, 1.165) is 50.6 Å². The molecule has 214 valence electrons. The van der Waals surface area contributed by atoms with Gasteiger partial charge in [-0.1, -0.05) is 53.7 Å². The number of oxazole rings is 1. The summed E-state index contributed by atoms with van der Waals surface area (Å²) in [5, 5.41) is 13.2. The van der Waals surface area contributed by atoms with Crippen LogP contribution < -0.4 is 10.1 Å². The van der Waals surface area contributed by atoms with E-state index in [4.69, 9.17) is 14.1 Å². The fraction of sp³-hybridized carbons (Fsp3) is 0.452. The van der Waals surface area contributed by atoms with Gasteiger partial charge in [-0.3, -0.25) is 9.59 Å². The molecule has 3 aromatic rings. The van der Waals surface area contributed by atoms with Crippen molar-refractivity contribution in [3.8, 4) is 11.5 Å². The molecule has 1 aliphatic heterocycles. The van der Waals surface area contributed by atoms with Crippen molar-refractivity contribution >= 4 is 33.9 Å². The number of benzene rings is 2. The van der Waals surface area contributed by atoms with E-state index in [0.29, 0.717) is 36.8 Å². The number of thioether (sulfide) groups is 2. The zero-order valence-electron chi connectivity index (χ0n) is 24.2. The summed E-state index contributed by atoms with van der Waals surface area (Å²) < 4.78 is 11.9. The number of nitrogens with one attached hydrogen (secondary N) is 1. The molecule has 9 heteroatoms. The Kier molecular flexibility index (Phi) is 8.95. The Bertz CT molecular complexity index is 1350. The Labute approximate surface area is 244 Å². The fourth-order valence-corrected chi connectivity index (χ4v) is 6.00. The lowest BCUT2D eigenvalue weighted by molar-refractivity contribution is -0.112. The van der Waals surface area contributed by atoms with Crippen LogP contribution in [0.15, 0.2) is 45.7 Å². The van der Waals surface area contributed by atoms with Crippen LogP contribution in [0.3, 0.4) is 0 Å². The quantitative estimate of drug-likeness (QED) is 0.258. The Morgan fingerprint density at radius 1 is 1.05 bits per heavy atom. The molecule has 1 fully saturated rings. The maximum absolute atomic E-state index is 11.8. The molecular formula is C31H38N2O5S2. The lowest BCUT2D eigenvalue weighted by atomic mass is 9.79. The van der Waals surface area contributed by atoms with Crippen LogP contribution in [0, 0.1) is 6.92 Å². The molecule has 40 heavy (non-hydrogen) atoms. The molecule has 1 atom stereocenters. The van der Waals surface area contributed by atoms with Crippen LogP contribution in [0.25, 0.3) is 0 Å². The average Bonchev–Trinajstić information content (AvgIpc) is 3.37. The minimum Gasteiger partial charge on any atom is -0.507 e. The minimum absolute atomic E-state index is 0.140. The van der Waals surface area contributed by atoms with Crippen molar-refractivity contribution < 1.29 is 23.8 Å².